The monoisotopic (exact) mass is 316 g/mol. The van der Waals surface area contributed by atoms with E-state index in [2.05, 4.69) is 5.32 Å². The van der Waals surface area contributed by atoms with Crippen LogP contribution in [0.25, 0.3) is 0 Å². The third-order valence-corrected chi connectivity index (χ3v) is 5.52. The number of benzene rings is 1. The molecule has 120 valence electrons. The molecule has 0 saturated heterocycles. The molecule has 0 amide bonds. The van der Waals surface area contributed by atoms with Gasteiger partial charge in [0.25, 0.3) is 0 Å². The minimum atomic E-state index is -3.57. The normalized spacial score (nSPS) is 13.6. The number of hydrogen-bond acceptors (Lipinski definition) is 3. The van der Waals surface area contributed by atoms with Crippen LogP contribution in [0.5, 0.6) is 0 Å². The van der Waals surface area contributed by atoms with Crippen molar-refractivity contribution in [3.8, 4) is 0 Å². The van der Waals surface area contributed by atoms with Gasteiger partial charge in [-0.05, 0) is 31.2 Å². The van der Waals surface area contributed by atoms with Crippen molar-refractivity contribution < 1.29 is 12.8 Å². The highest BCUT2D eigenvalue weighted by Crippen LogP contribution is 2.20. The maximum absolute atomic E-state index is 13.6. The van der Waals surface area contributed by atoms with E-state index in [1.807, 2.05) is 20.8 Å². The second-order valence-corrected chi connectivity index (χ2v) is 7.19. The van der Waals surface area contributed by atoms with Gasteiger partial charge in [-0.2, -0.15) is 4.31 Å². The molecule has 1 rings (SSSR count). The van der Waals surface area contributed by atoms with Crippen molar-refractivity contribution >= 4 is 10.0 Å². The number of hydrogen-bond donors (Lipinski definition) is 1. The quantitative estimate of drug-likeness (QED) is 0.802. The van der Waals surface area contributed by atoms with Gasteiger partial charge in [0, 0.05) is 25.2 Å². The van der Waals surface area contributed by atoms with Crippen molar-refractivity contribution in [1.29, 1.82) is 0 Å². The molecule has 0 bridgehead atoms. The van der Waals surface area contributed by atoms with Gasteiger partial charge in [-0.15, -0.1) is 0 Å². The van der Waals surface area contributed by atoms with Crippen LogP contribution < -0.4 is 5.32 Å². The summed E-state index contributed by atoms with van der Waals surface area (Å²) in [7, 11) is -1.88. The summed E-state index contributed by atoms with van der Waals surface area (Å²) in [5, 5.41) is 2.84. The van der Waals surface area contributed by atoms with Gasteiger partial charge in [0.1, 0.15) is 5.82 Å². The Morgan fingerprint density at radius 3 is 2.52 bits per heavy atom. The van der Waals surface area contributed by atoms with Gasteiger partial charge in [0.15, 0.2) is 0 Å². The maximum atomic E-state index is 13.6. The van der Waals surface area contributed by atoms with Crippen molar-refractivity contribution in [3.63, 3.8) is 0 Å². The first-order chi connectivity index (χ1) is 9.86. The van der Waals surface area contributed by atoms with E-state index in [0.29, 0.717) is 25.2 Å². The lowest BCUT2D eigenvalue weighted by atomic mass is 10.1. The Kier molecular flexibility index (Phi) is 6.77. The van der Waals surface area contributed by atoms with Crippen molar-refractivity contribution in [3.05, 3.63) is 29.6 Å². The molecule has 1 unspecified atom stereocenters. The molecule has 0 aliphatic carbocycles. The zero-order valence-corrected chi connectivity index (χ0v) is 14.0. The summed E-state index contributed by atoms with van der Waals surface area (Å²) < 4.78 is 40.4. The van der Waals surface area contributed by atoms with Gasteiger partial charge in [-0.25, -0.2) is 12.8 Å². The number of rotatable bonds is 8. The first kappa shape index (κ1) is 18.1. The second kappa shape index (κ2) is 7.87. The molecule has 1 N–H and O–H groups in total. The summed E-state index contributed by atoms with van der Waals surface area (Å²) in [4.78, 5) is 0.152. The third kappa shape index (κ3) is 4.49. The average Bonchev–Trinajstić information content (AvgIpc) is 2.46. The standard InChI is InChI=1S/C15H25FN2O2S/c1-5-12(3)11-18(6-2)21(19,20)14-7-8-15(16)13(9-14)10-17-4/h7-9,12,17H,5-6,10-11H2,1-4H3. The predicted octanol–water partition coefficient (Wildman–Crippen LogP) is 2.60. The fourth-order valence-corrected chi connectivity index (χ4v) is 3.68. The first-order valence-corrected chi connectivity index (χ1v) is 8.73. The van der Waals surface area contributed by atoms with Crippen LogP contribution in [-0.2, 0) is 16.6 Å². The van der Waals surface area contributed by atoms with Crippen LogP contribution >= 0.6 is 0 Å². The number of sulfonamides is 1. The lowest BCUT2D eigenvalue weighted by Crippen LogP contribution is -2.34. The highest BCUT2D eigenvalue weighted by Gasteiger charge is 2.25. The number of nitrogens with zero attached hydrogens (tertiary/aromatic N) is 1. The Labute approximate surface area is 127 Å². The first-order valence-electron chi connectivity index (χ1n) is 7.29. The molecule has 0 radical (unpaired) electrons. The Morgan fingerprint density at radius 2 is 2.00 bits per heavy atom. The lowest BCUT2D eigenvalue weighted by molar-refractivity contribution is 0.361. The van der Waals surface area contributed by atoms with E-state index < -0.39 is 15.8 Å². The summed E-state index contributed by atoms with van der Waals surface area (Å²) >= 11 is 0. The summed E-state index contributed by atoms with van der Waals surface area (Å²) in [6.07, 6.45) is 0.917. The second-order valence-electron chi connectivity index (χ2n) is 5.25. The van der Waals surface area contributed by atoms with Crippen LogP contribution in [0.1, 0.15) is 32.8 Å². The van der Waals surface area contributed by atoms with Crippen LogP contribution in [-0.4, -0.2) is 32.9 Å². The highest BCUT2D eigenvalue weighted by molar-refractivity contribution is 7.89. The van der Waals surface area contributed by atoms with Gasteiger partial charge in [0.2, 0.25) is 10.0 Å². The van der Waals surface area contributed by atoms with Crippen molar-refractivity contribution in [1.82, 2.24) is 9.62 Å². The molecule has 1 atom stereocenters. The topological polar surface area (TPSA) is 49.4 Å². The van der Waals surface area contributed by atoms with E-state index in [9.17, 15) is 12.8 Å². The van der Waals surface area contributed by atoms with Gasteiger partial charge in [0.05, 0.1) is 4.90 Å². The Hall–Kier alpha value is -0.980. The molecule has 0 heterocycles. The summed E-state index contributed by atoms with van der Waals surface area (Å²) in [6.45, 7) is 7.06. The van der Waals surface area contributed by atoms with E-state index in [0.717, 1.165) is 6.42 Å². The lowest BCUT2D eigenvalue weighted by Gasteiger charge is -2.23. The van der Waals surface area contributed by atoms with Gasteiger partial charge < -0.3 is 5.32 Å². The number of nitrogens with one attached hydrogen (secondary N) is 1. The maximum Gasteiger partial charge on any atom is 0.243 e. The molecule has 0 aliphatic rings. The summed E-state index contributed by atoms with van der Waals surface area (Å²) in [5.41, 5.74) is 0.359. The van der Waals surface area contributed by atoms with Crippen molar-refractivity contribution in [2.24, 2.45) is 5.92 Å². The Balaban J connectivity index is 3.13. The zero-order valence-electron chi connectivity index (χ0n) is 13.2. The molecule has 0 spiro atoms. The molecule has 0 aromatic heterocycles. The fraction of sp³-hybridized carbons (Fsp3) is 0.600. The van der Waals surface area contributed by atoms with E-state index in [1.54, 1.807) is 7.05 Å². The van der Waals surface area contributed by atoms with Crippen LogP contribution in [0.15, 0.2) is 23.1 Å². The minimum Gasteiger partial charge on any atom is -0.316 e. The predicted molar refractivity (Wildman–Crippen MR) is 83.1 cm³/mol. The molecule has 1 aromatic rings. The summed E-state index contributed by atoms with van der Waals surface area (Å²) in [5.74, 6) is -0.106. The van der Waals surface area contributed by atoms with Crippen LogP contribution in [0.2, 0.25) is 0 Å². The van der Waals surface area contributed by atoms with Crippen LogP contribution in [0.3, 0.4) is 0 Å². The van der Waals surface area contributed by atoms with E-state index in [4.69, 9.17) is 0 Å². The van der Waals surface area contributed by atoms with Crippen molar-refractivity contribution in [2.75, 3.05) is 20.1 Å². The molecular weight excluding hydrogens is 291 g/mol. The molecule has 0 saturated carbocycles. The van der Waals surface area contributed by atoms with E-state index in [1.165, 1.54) is 22.5 Å². The SMILES string of the molecule is CCC(C)CN(CC)S(=O)(=O)c1ccc(F)c(CNC)c1. The van der Waals surface area contributed by atoms with E-state index >= 15 is 0 Å². The minimum absolute atomic E-state index is 0.152. The average molecular weight is 316 g/mol. The largest absolute Gasteiger partial charge is 0.316 e. The molecule has 21 heavy (non-hydrogen) atoms. The van der Waals surface area contributed by atoms with Gasteiger partial charge in [-0.3, -0.25) is 0 Å². The van der Waals surface area contributed by atoms with Crippen LogP contribution in [0, 0.1) is 11.7 Å². The molecule has 1 aromatic carbocycles. The highest BCUT2D eigenvalue weighted by atomic mass is 32.2. The fourth-order valence-electron chi connectivity index (χ4n) is 2.06. The Morgan fingerprint density at radius 1 is 1.33 bits per heavy atom. The zero-order chi connectivity index (χ0) is 16.0. The molecular formula is C15H25FN2O2S. The third-order valence-electron chi connectivity index (χ3n) is 3.59. The smallest absolute Gasteiger partial charge is 0.243 e. The van der Waals surface area contributed by atoms with Gasteiger partial charge in [-0.1, -0.05) is 27.2 Å². The summed E-state index contributed by atoms with van der Waals surface area (Å²) in [6, 6.07) is 3.97. The van der Waals surface area contributed by atoms with Crippen LogP contribution in [0.4, 0.5) is 4.39 Å². The molecule has 4 nitrogen and oxygen atoms in total. The van der Waals surface area contributed by atoms with E-state index in [-0.39, 0.29) is 10.8 Å². The molecule has 6 heteroatoms. The van der Waals surface area contributed by atoms with Crippen molar-refractivity contribution in [2.45, 2.75) is 38.6 Å². The number of halogens is 1. The molecule has 0 aliphatic heterocycles. The molecule has 0 fully saturated rings. The Bertz CT molecular complexity index is 561. The van der Waals surface area contributed by atoms with Gasteiger partial charge >= 0.3 is 0 Å².